The Morgan fingerprint density at radius 1 is 1.05 bits per heavy atom. The summed E-state index contributed by atoms with van der Waals surface area (Å²) in [5, 5.41) is 8.53. The standard InChI is InChI=1S/C28H38ClFN6O2/c1-3-31-27(37)32-22-7-5-20-6-9-24(18-21(20)17-22)36(12-4-11-35-15-13-34(2)14-16-35)28(38)33-23-8-10-26(30)25(29)19-23/h5,7-8,10,17,19,24H,3-4,6,9,11-16,18H2,1-2H3,(H,33,38)(H2,31,32,37). The molecule has 4 rings (SSSR count). The van der Waals surface area contributed by atoms with E-state index >= 15 is 0 Å². The average molecular weight is 545 g/mol. The first-order valence-corrected chi connectivity index (χ1v) is 13.8. The Bertz CT molecular complexity index is 1120. The summed E-state index contributed by atoms with van der Waals surface area (Å²) in [6, 6.07) is 9.78. The minimum atomic E-state index is -0.519. The number of amides is 4. The van der Waals surface area contributed by atoms with Gasteiger partial charge in [-0.3, -0.25) is 0 Å². The van der Waals surface area contributed by atoms with Gasteiger partial charge in [-0.2, -0.15) is 0 Å². The van der Waals surface area contributed by atoms with Gasteiger partial charge in [0.15, 0.2) is 0 Å². The molecule has 1 saturated heterocycles. The van der Waals surface area contributed by atoms with E-state index in [2.05, 4.69) is 38.9 Å². The molecule has 0 radical (unpaired) electrons. The first-order chi connectivity index (χ1) is 18.3. The summed E-state index contributed by atoms with van der Waals surface area (Å²) >= 11 is 5.95. The Labute approximate surface area is 229 Å². The quantitative estimate of drug-likeness (QED) is 0.452. The number of urea groups is 2. The molecule has 1 fully saturated rings. The van der Waals surface area contributed by atoms with Gasteiger partial charge in [0.25, 0.3) is 0 Å². The van der Waals surface area contributed by atoms with E-state index < -0.39 is 5.82 Å². The molecule has 0 saturated carbocycles. The fourth-order valence-electron chi connectivity index (χ4n) is 5.17. The zero-order valence-corrected chi connectivity index (χ0v) is 23.0. The molecule has 1 unspecified atom stereocenters. The number of anilines is 2. The number of benzene rings is 2. The number of carbonyl (C=O) groups is 2. The molecule has 4 amide bonds. The SMILES string of the molecule is CCNC(=O)Nc1ccc2c(c1)CC(N(CCCN1CCN(C)CC1)C(=O)Nc1ccc(F)c(Cl)c1)CC2. The number of halogens is 2. The molecule has 2 aliphatic rings. The van der Waals surface area contributed by atoms with Gasteiger partial charge >= 0.3 is 12.1 Å². The number of nitrogens with zero attached hydrogens (tertiary/aromatic N) is 3. The van der Waals surface area contributed by atoms with Gasteiger partial charge in [-0.25, -0.2) is 14.0 Å². The predicted octanol–water partition coefficient (Wildman–Crippen LogP) is 4.65. The molecule has 206 valence electrons. The summed E-state index contributed by atoms with van der Waals surface area (Å²) in [5.74, 6) is -0.519. The summed E-state index contributed by atoms with van der Waals surface area (Å²) in [4.78, 5) is 32.2. The van der Waals surface area contributed by atoms with E-state index in [0.717, 1.165) is 63.2 Å². The van der Waals surface area contributed by atoms with E-state index in [9.17, 15) is 14.0 Å². The molecule has 1 heterocycles. The highest BCUT2D eigenvalue weighted by Gasteiger charge is 2.28. The van der Waals surface area contributed by atoms with Gasteiger partial charge in [0.2, 0.25) is 0 Å². The highest BCUT2D eigenvalue weighted by molar-refractivity contribution is 6.31. The predicted molar refractivity (Wildman–Crippen MR) is 151 cm³/mol. The fraction of sp³-hybridized carbons (Fsp3) is 0.500. The van der Waals surface area contributed by atoms with Crippen LogP contribution in [-0.2, 0) is 12.8 Å². The van der Waals surface area contributed by atoms with Crippen LogP contribution < -0.4 is 16.0 Å². The van der Waals surface area contributed by atoms with E-state index in [1.807, 2.05) is 24.0 Å². The molecule has 38 heavy (non-hydrogen) atoms. The second-order valence-corrected chi connectivity index (χ2v) is 10.5. The van der Waals surface area contributed by atoms with Crippen LogP contribution in [0.4, 0.5) is 25.4 Å². The summed E-state index contributed by atoms with van der Waals surface area (Å²) in [7, 11) is 2.14. The second-order valence-electron chi connectivity index (χ2n) is 10.1. The van der Waals surface area contributed by atoms with Crippen LogP contribution in [0, 0.1) is 5.82 Å². The molecule has 0 aromatic heterocycles. The number of aryl methyl sites for hydroxylation is 1. The van der Waals surface area contributed by atoms with Crippen LogP contribution in [0.5, 0.6) is 0 Å². The van der Waals surface area contributed by atoms with Crippen molar-refractivity contribution in [2.75, 3.05) is 63.5 Å². The van der Waals surface area contributed by atoms with Crippen molar-refractivity contribution in [1.82, 2.24) is 20.0 Å². The molecule has 3 N–H and O–H groups in total. The number of fused-ring (bicyclic) bond motifs is 1. The highest BCUT2D eigenvalue weighted by atomic mass is 35.5. The van der Waals surface area contributed by atoms with E-state index in [1.54, 1.807) is 0 Å². The maximum atomic E-state index is 13.7. The largest absolute Gasteiger partial charge is 0.338 e. The topological polar surface area (TPSA) is 80.0 Å². The zero-order chi connectivity index (χ0) is 27.1. The van der Waals surface area contributed by atoms with E-state index in [1.165, 1.54) is 23.8 Å². The van der Waals surface area contributed by atoms with Gasteiger partial charge in [0.1, 0.15) is 5.82 Å². The lowest BCUT2D eigenvalue weighted by atomic mass is 9.87. The van der Waals surface area contributed by atoms with Gasteiger partial charge in [-0.15, -0.1) is 0 Å². The van der Waals surface area contributed by atoms with Crippen molar-refractivity contribution in [3.05, 3.63) is 58.4 Å². The third kappa shape index (κ3) is 7.58. The highest BCUT2D eigenvalue weighted by Crippen LogP contribution is 2.28. The summed E-state index contributed by atoms with van der Waals surface area (Å²) in [5.41, 5.74) is 3.58. The lowest BCUT2D eigenvalue weighted by Crippen LogP contribution is -2.48. The Kier molecular flexibility index (Phi) is 9.82. The summed E-state index contributed by atoms with van der Waals surface area (Å²) in [6.45, 7) is 8.16. The minimum Gasteiger partial charge on any atom is -0.338 e. The Morgan fingerprint density at radius 2 is 1.79 bits per heavy atom. The van der Waals surface area contributed by atoms with Crippen LogP contribution >= 0.6 is 11.6 Å². The maximum Gasteiger partial charge on any atom is 0.322 e. The number of rotatable bonds is 8. The second kappa shape index (κ2) is 13.3. The molecule has 10 heteroatoms. The van der Waals surface area contributed by atoms with Gasteiger partial charge in [0, 0.05) is 56.7 Å². The van der Waals surface area contributed by atoms with Crippen molar-refractivity contribution in [2.45, 2.75) is 38.6 Å². The van der Waals surface area contributed by atoms with Gasteiger partial charge < -0.3 is 30.7 Å². The zero-order valence-electron chi connectivity index (χ0n) is 22.2. The van der Waals surface area contributed by atoms with Crippen molar-refractivity contribution in [3.8, 4) is 0 Å². The molecule has 1 atom stereocenters. The number of hydrogen-bond donors (Lipinski definition) is 3. The van der Waals surface area contributed by atoms with Crippen LogP contribution in [0.25, 0.3) is 0 Å². The molecule has 0 spiro atoms. The van der Waals surface area contributed by atoms with Crippen molar-refractivity contribution in [1.29, 1.82) is 0 Å². The van der Waals surface area contributed by atoms with Gasteiger partial charge in [-0.05, 0) is 87.7 Å². The van der Waals surface area contributed by atoms with Crippen molar-refractivity contribution >= 4 is 35.0 Å². The molecule has 1 aliphatic carbocycles. The minimum absolute atomic E-state index is 0.00521. The van der Waals surface area contributed by atoms with Crippen molar-refractivity contribution in [3.63, 3.8) is 0 Å². The smallest absolute Gasteiger partial charge is 0.322 e. The molecule has 8 nitrogen and oxygen atoms in total. The monoisotopic (exact) mass is 544 g/mol. The number of carbonyl (C=O) groups excluding carboxylic acids is 2. The number of piperazine rings is 1. The lowest BCUT2D eigenvalue weighted by Gasteiger charge is -2.37. The molecular weight excluding hydrogens is 507 g/mol. The molecule has 2 aromatic rings. The van der Waals surface area contributed by atoms with Crippen LogP contribution in [0.15, 0.2) is 36.4 Å². The lowest BCUT2D eigenvalue weighted by molar-refractivity contribution is 0.140. The number of likely N-dealkylation sites (N-methyl/N-ethyl adjacent to an activating group) is 1. The van der Waals surface area contributed by atoms with E-state index in [4.69, 9.17) is 11.6 Å². The third-order valence-corrected chi connectivity index (χ3v) is 7.64. The first kappa shape index (κ1) is 28.1. The molecule has 1 aliphatic heterocycles. The maximum absolute atomic E-state index is 13.7. The normalized spacial score (nSPS) is 17.9. The van der Waals surface area contributed by atoms with Crippen LogP contribution in [0.3, 0.4) is 0 Å². The van der Waals surface area contributed by atoms with Crippen molar-refractivity contribution in [2.24, 2.45) is 0 Å². The summed E-state index contributed by atoms with van der Waals surface area (Å²) < 4.78 is 13.7. The van der Waals surface area contributed by atoms with Crippen LogP contribution in [0.2, 0.25) is 5.02 Å². The van der Waals surface area contributed by atoms with E-state index in [-0.39, 0.29) is 23.1 Å². The Hall–Kier alpha value is -2.88. The van der Waals surface area contributed by atoms with E-state index in [0.29, 0.717) is 25.2 Å². The fourth-order valence-corrected chi connectivity index (χ4v) is 5.35. The van der Waals surface area contributed by atoms with Crippen LogP contribution in [-0.4, -0.2) is 85.7 Å². The number of nitrogens with one attached hydrogen (secondary N) is 3. The first-order valence-electron chi connectivity index (χ1n) is 13.4. The van der Waals surface area contributed by atoms with Crippen molar-refractivity contribution < 1.29 is 14.0 Å². The number of hydrogen-bond acceptors (Lipinski definition) is 4. The summed E-state index contributed by atoms with van der Waals surface area (Å²) in [6.07, 6.45) is 3.27. The van der Waals surface area contributed by atoms with Crippen LogP contribution in [0.1, 0.15) is 30.9 Å². The molecule has 2 aromatic carbocycles. The Balaban J connectivity index is 1.46. The third-order valence-electron chi connectivity index (χ3n) is 7.35. The Morgan fingerprint density at radius 3 is 2.53 bits per heavy atom. The van der Waals surface area contributed by atoms with Gasteiger partial charge in [-0.1, -0.05) is 17.7 Å². The molecular formula is C28H38ClFN6O2. The van der Waals surface area contributed by atoms with Gasteiger partial charge in [0.05, 0.1) is 5.02 Å². The molecule has 0 bridgehead atoms. The average Bonchev–Trinajstić information content (AvgIpc) is 2.89.